The Kier molecular flexibility index (Phi) is 5.31. The first kappa shape index (κ1) is 17.8. The van der Waals surface area contributed by atoms with Crippen LogP contribution in [0.1, 0.15) is 28.3 Å². The zero-order valence-electron chi connectivity index (χ0n) is 13.5. The van der Waals surface area contributed by atoms with Crippen molar-refractivity contribution in [3.8, 4) is 0 Å². The number of hydrogen-bond donors (Lipinski definition) is 0. The number of amides is 1. The second-order valence-electron chi connectivity index (χ2n) is 5.81. The number of methoxy groups -OCH3 is 1. The first-order valence-electron chi connectivity index (χ1n) is 7.68. The van der Waals surface area contributed by atoms with Gasteiger partial charge in [-0.05, 0) is 30.9 Å². The fourth-order valence-electron chi connectivity index (χ4n) is 2.41. The van der Waals surface area contributed by atoms with E-state index in [2.05, 4.69) is 4.98 Å². The fraction of sp³-hybridized carbons (Fsp3) is 0.375. The molecule has 0 spiro atoms. The van der Waals surface area contributed by atoms with Gasteiger partial charge in [-0.1, -0.05) is 11.6 Å². The number of hydrogen-bond acceptors (Lipinski definition) is 6. The Morgan fingerprint density at radius 2 is 2.28 bits per heavy atom. The van der Waals surface area contributed by atoms with Crippen LogP contribution in [-0.2, 0) is 11.3 Å². The van der Waals surface area contributed by atoms with Gasteiger partial charge < -0.3 is 9.64 Å². The maximum absolute atomic E-state index is 12.9. The summed E-state index contributed by atoms with van der Waals surface area (Å²) in [5, 5.41) is 13.6. The molecule has 1 heterocycles. The first-order chi connectivity index (χ1) is 12.0. The number of benzene rings is 1. The van der Waals surface area contributed by atoms with E-state index in [0.29, 0.717) is 35.5 Å². The molecule has 1 amide bonds. The summed E-state index contributed by atoms with van der Waals surface area (Å²) in [6.07, 6.45) is 2.09. The summed E-state index contributed by atoms with van der Waals surface area (Å²) in [7, 11) is 1.56. The van der Waals surface area contributed by atoms with E-state index in [4.69, 9.17) is 16.3 Å². The van der Waals surface area contributed by atoms with Crippen molar-refractivity contribution < 1.29 is 14.5 Å². The minimum Gasteiger partial charge on any atom is -0.378 e. The standard InChI is InChI=1S/C16H16ClN3O4S/c1-24-8-15-18-13(9-25-15)16(21)19(7-10-2-3-10)11-4-5-12(17)14(6-11)20(22)23/h4-6,9-10H,2-3,7-8H2,1H3. The minimum absolute atomic E-state index is 0.0450. The van der Waals surface area contributed by atoms with E-state index >= 15 is 0 Å². The van der Waals surface area contributed by atoms with Crippen LogP contribution in [0.5, 0.6) is 0 Å². The van der Waals surface area contributed by atoms with Gasteiger partial charge in [0, 0.05) is 25.1 Å². The number of halogens is 1. The number of carbonyl (C=O) groups is 1. The predicted octanol–water partition coefficient (Wildman–Crippen LogP) is 3.91. The smallest absolute Gasteiger partial charge is 0.289 e. The second-order valence-corrected chi connectivity index (χ2v) is 7.16. The Hall–Kier alpha value is -2.03. The van der Waals surface area contributed by atoms with E-state index in [-0.39, 0.29) is 16.6 Å². The van der Waals surface area contributed by atoms with Crippen molar-refractivity contribution in [2.45, 2.75) is 19.4 Å². The van der Waals surface area contributed by atoms with Crippen LogP contribution in [0.3, 0.4) is 0 Å². The highest BCUT2D eigenvalue weighted by molar-refractivity contribution is 7.09. The van der Waals surface area contributed by atoms with Crippen LogP contribution in [-0.4, -0.2) is 29.5 Å². The number of ether oxygens (including phenoxy) is 1. The number of rotatable bonds is 7. The number of nitro groups is 1. The highest BCUT2D eigenvalue weighted by atomic mass is 35.5. The lowest BCUT2D eigenvalue weighted by Gasteiger charge is -2.22. The summed E-state index contributed by atoms with van der Waals surface area (Å²) in [6, 6.07) is 4.41. The Morgan fingerprint density at radius 1 is 1.52 bits per heavy atom. The number of nitro benzene ring substituents is 1. The first-order valence-corrected chi connectivity index (χ1v) is 8.94. The van der Waals surface area contributed by atoms with E-state index in [1.165, 1.54) is 23.5 Å². The normalized spacial score (nSPS) is 13.7. The van der Waals surface area contributed by atoms with E-state index in [1.54, 1.807) is 23.5 Å². The van der Waals surface area contributed by atoms with Crippen molar-refractivity contribution in [3.05, 3.63) is 49.4 Å². The number of nitrogens with zero attached hydrogens (tertiary/aromatic N) is 3. The van der Waals surface area contributed by atoms with Crippen molar-refractivity contribution in [2.24, 2.45) is 5.92 Å². The average molecular weight is 382 g/mol. The monoisotopic (exact) mass is 381 g/mol. The third-order valence-corrected chi connectivity index (χ3v) is 5.00. The van der Waals surface area contributed by atoms with Crippen molar-refractivity contribution in [1.82, 2.24) is 4.98 Å². The van der Waals surface area contributed by atoms with Gasteiger partial charge in [0.15, 0.2) is 0 Å². The quantitative estimate of drug-likeness (QED) is 0.536. The summed E-state index contributed by atoms with van der Waals surface area (Å²) >= 11 is 7.23. The van der Waals surface area contributed by atoms with Crippen molar-refractivity contribution in [2.75, 3.05) is 18.6 Å². The van der Waals surface area contributed by atoms with E-state index in [9.17, 15) is 14.9 Å². The molecule has 1 aromatic carbocycles. The van der Waals surface area contributed by atoms with Crippen LogP contribution < -0.4 is 4.90 Å². The maximum atomic E-state index is 12.9. The number of thiazole rings is 1. The van der Waals surface area contributed by atoms with E-state index in [1.807, 2.05) is 0 Å². The molecule has 1 saturated carbocycles. The Labute approximate surface area is 153 Å². The molecular weight excluding hydrogens is 366 g/mol. The predicted molar refractivity (Wildman–Crippen MR) is 95.3 cm³/mol. The molecule has 0 N–H and O–H groups in total. The number of carbonyl (C=O) groups excluding carboxylic acids is 1. The summed E-state index contributed by atoms with van der Waals surface area (Å²) in [6.45, 7) is 0.849. The molecule has 0 aliphatic heterocycles. The van der Waals surface area contributed by atoms with Crippen LogP contribution >= 0.6 is 22.9 Å². The Bertz CT molecular complexity index is 806. The molecule has 0 saturated heterocycles. The summed E-state index contributed by atoms with van der Waals surface area (Å²) in [5.74, 6) is 0.137. The van der Waals surface area contributed by atoms with Gasteiger partial charge in [-0.3, -0.25) is 14.9 Å². The zero-order valence-corrected chi connectivity index (χ0v) is 15.0. The highest BCUT2D eigenvalue weighted by Gasteiger charge is 2.30. The number of anilines is 1. The van der Waals surface area contributed by atoms with E-state index in [0.717, 1.165) is 12.8 Å². The van der Waals surface area contributed by atoms with Crippen LogP contribution in [0.25, 0.3) is 0 Å². The van der Waals surface area contributed by atoms with Crippen LogP contribution in [0.2, 0.25) is 5.02 Å². The molecule has 1 aliphatic rings. The lowest BCUT2D eigenvalue weighted by atomic mass is 10.2. The molecule has 25 heavy (non-hydrogen) atoms. The van der Waals surface area contributed by atoms with Crippen LogP contribution in [0, 0.1) is 16.0 Å². The molecule has 1 aliphatic carbocycles. The third kappa shape index (κ3) is 4.15. The molecular formula is C16H16ClN3O4S. The van der Waals surface area contributed by atoms with Crippen molar-refractivity contribution >= 4 is 40.2 Å². The van der Waals surface area contributed by atoms with Gasteiger partial charge in [-0.15, -0.1) is 11.3 Å². The summed E-state index contributed by atoms with van der Waals surface area (Å²) in [5.41, 5.74) is 0.552. The molecule has 9 heteroatoms. The van der Waals surface area contributed by atoms with Gasteiger partial charge in [-0.2, -0.15) is 0 Å². The average Bonchev–Trinajstić information content (AvgIpc) is 3.29. The molecule has 0 atom stereocenters. The van der Waals surface area contributed by atoms with Gasteiger partial charge in [0.25, 0.3) is 11.6 Å². The van der Waals surface area contributed by atoms with Gasteiger partial charge in [0.2, 0.25) is 0 Å². The van der Waals surface area contributed by atoms with Crippen molar-refractivity contribution in [3.63, 3.8) is 0 Å². The molecule has 1 fully saturated rings. The Balaban J connectivity index is 1.92. The maximum Gasteiger partial charge on any atom is 0.289 e. The molecule has 132 valence electrons. The van der Waals surface area contributed by atoms with Crippen LogP contribution in [0.4, 0.5) is 11.4 Å². The molecule has 3 rings (SSSR count). The molecule has 0 radical (unpaired) electrons. The minimum atomic E-state index is -0.550. The number of aromatic nitrogens is 1. The van der Waals surface area contributed by atoms with Gasteiger partial charge in [0.1, 0.15) is 15.7 Å². The summed E-state index contributed by atoms with van der Waals surface area (Å²) < 4.78 is 5.03. The fourth-order valence-corrected chi connectivity index (χ4v) is 3.33. The lowest BCUT2D eigenvalue weighted by molar-refractivity contribution is -0.384. The lowest BCUT2D eigenvalue weighted by Crippen LogP contribution is -2.33. The summed E-state index contributed by atoms with van der Waals surface area (Å²) in [4.78, 5) is 29.3. The zero-order chi connectivity index (χ0) is 18.0. The molecule has 7 nitrogen and oxygen atoms in total. The molecule has 1 aromatic heterocycles. The Morgan fingerprint density at radius 3 is 2.92 bits per heavy atom. The van der Waals surface area contributed by atoms with E-state index < -0.39 is 4.92 Å². The van der Waals surface area contributed by atoms with Gasteiger partial charge >= 0.3 is 0 Å². The van der Waals surface area contributed by atoms with Crippen LogP contribution in [0.15, 0.2) is 23.6 Å². The topological polar surface area (TPSA) is 85.6 Å². The second kappa shape index (κ2) is 7.47. The molecule has 0 bridgehead atoms. The van der Waals surface area contributed by atoms with Crippen molar-refractivity contribution in [1.29, 1.82) is 0 Å². The largest absolute Gasteiger partial charge is 0.378 e. The highest BCUT2D eigenvalue weighted by Crippen LogP contribution is 2.35. The molecule has 0 unspecified atom stereocenters. The SMILES string of the molecule is COCc1nc(C(=O)N(CC2CC2)c2ccc(Cl)c([N+](=O)[O-])c2)cs1. The third-order valence-electron chi connectivity index (χ3n) is 3.86. The molecule has 2 aromatic rings. The van der Waals surface area contributed by atoms with Gasteiger partial charge in [-0.25, -0.2) is 4.98 Å². The van der Waals surface area contributed by atoms with Gasteiger partial charge in [0.05, 0.1) is 17.2 Å².